The number of benzene rings is 4. The number of carboxylic acids is 2. The fourth-order valence-corrected chi connectivity index (χ4v) is 15.2. The molecule has 145 heavy (non-hydrogen) atoms. The predicted octanol–water partition coefficient (Wildman–Crippen LogP) is -3.10. The van der Waals surface area contributed by atoms with Crippen molar-refractivity contribution in [1.82, 2.24) is 95.7 Å². The van der Waals surface area contributed by atoms with Crippen molar-refractivity contribution >= 4 is 124 Å². The summed E-state index contributed by atoms with van der Waals surface area (Å²) in [5.74, 6) is -23.5. The predicted molar refractivity (Wildman–Crippen MR) is 529 cm³/mol. The lowest BCUT2D eigenvalue weighted by molar-refractivity contribution is -0.142. The van der Waals surface area contributed by atoms with Crippen LogP contribution in [0.1, 0.15) is 161 Å². The molecule has 0 spiro atoms. The molecule has 17 amide bonds. The van der Waals surface area contributed by atoms with Gasteiger partial charge in [-0.3, -0.25) is 92.3 Å². The molecule has 1 aliphatic carbocycles. The van der Waals surface area contributed by atoms with Crippen molar-refractivity contribution in [3.05, 3.63) is 151 Å². The molecule has 0 radical (unpaired) electrons. The smallest absolute Gasteiger partial charge is 0.407 e. The Morgan fingerprint density at radius 3 is 1.23 bits per heavy atom. The van der Waals surface area contributed by atoms with E-state index in [9.17, 15) is 117 Å². The molecule has 0 fully saturated rings. The van der Waals surface area contributed by atoms with E-state index in [0.717, 1.165) is 22.3 Å². The molecular weight excluding hydrogens is 1890 g/mol. The molecule has 0 bridgehead atoms. The Kier molecular flexibility index (Phi) is 50.6. The molecule has 0 saturated heterocycles. The third kappa shape index (κ3) is 41.1. The number of ether oxygens (including phenoxy) is 1. The third-order valence-electron chi connectivity index (χ3n) is 23.3. The average Bonchev–Trinajstić information content (AvgIpc) is 1.61. The van der Waals surface area contributed by atoms with Gasteiger partial charge >= 0.3 is 18.0 Å². The summed E-state index contributed by atoms with van der Waals surface area (Å²) in [5, 5.41) is 110. The van der Waals surface area contributed by atoms with Crippen LogP contribution in [0.4, 0.5) is 4.79 Å². The van der Waals surface area contributed by atoms with Crippen LogP contribution in [0.5, 0.6) is 5.75 Å². The van der Waals surface area contributed by atoms with Crippen molar-refractivity contribution in [1.29, 1.82) is 10.8 Å². The molecule has 5 rings (SSSR count). The first-order valence-corrected chi connectivity index (χ1v) is 47.5. The number of phenols is 1. The number of hydrogen-bond acceptors (Lipinski definition) is 25. The maximum absolute atomic E-state index is 14.9. The molecule has 48 heteroatoms. The molecule has 0 aliphatic heterocycles. The number of aliphatic hydroxyl groups excluding tert-OH is 2. The van der Waals surface area contributed by atoms with Crippen molar-refractivity contribution in [2.45, 2.75) is 236 Å². The maximum Gasteiger partial charge on any atom is 0.407 e. The summed E-state index contributed by atoms with van der Waals surface area (Å²) in [5.41, 5.74) is 21.6. The largest absolute Gasteiger partial charge is 0.508 e. The van der Waals surface area contributed by atoms with Gasteiger partial charge in [0.05, 0.1) is 26.3 Å². The lowest BCUT2D eigenvalue weighted by Gasteiger charge is -2.31. The number of nitrogens with two attached hydrogens (primary N) is 3. The summed E-state index contributed by atoms with van der Waals surface area (Å²) < 4.78 is 5.84. The first kappa shape index (κ1) is 120. The summed E-state index contributed by atoms with van der Waals surface area (Å²) in [4.78, 5) is 262. The van der Waals surface area contributed by atoms with Crippen molar-refractivity contribution < 1.29 is 121 Å². The number of alkyl carbamates (subject to hydrolysis) is 1. The third-order valence-corrected chi connectivity index (χ3v) is 23.3. The number of phenolic OH excluding ortho intramolecular Hbond substituents is 1. The van der Waals surface area contributed by atoms with E-state index in [-0.39, 0.29) is 95.1 Å². The second kappa shape index (κ2) is 61.3. The van der Waals surface area contributed by atoms with Gasteiger partial charge in [-0.2, -0.15) is 0 Å². The van der Waals surface area contributed by atoms with Gasteiger partial charge in [0, 0.05) is 44.7 Å². The standard InChI is InChI=1S/C97H139N23O25/c1-11-23-63(81(129)105-46-75(125)107-71(94(142)143)45-55-25-15-14-16-26-55)109-89(137)72(48-121)108-76(126)47-106-82(130)67(38-40-77(127)128)113-91(139)78(52(6)7)118-90(138)73(49-122)116-84(132)65(31-21-41-103-95(99)100)111-83(131)64(24-12-2)110-85(133)68(37-39-74(98)124)114-92(140)79(53(8)9)119-93(141)80(54(10)13-3)120-86(134)66(32-22-42-104-96(101)102)112-87(135)69(43-51(4)5)115-88(136)70(44-56-33-35-57(123)36-34-56)117-97(144)145-50-62-60-29-19-17-27-58(60)59-28-18-20-30-61(59)62/h11-12,14-20,25-30,33-36,51-54,62-73,78-80,121-123H,1-2,13,21-24,31-32,37-50H2,3-10H3,(H2,98,124)(H,105,129)(H,106,130)(H,107,125)(H,108,126)(H,109,137)(H,110,133)(H,111,131)(H,112,135)(H,113,139)(H,114,140)(H,115,136)(H,116,132)(H,117,144)(H,118,138)(H,119,141)(H,120,134)(H,127,128)(H,142,143)(H4,99,100,103)(H4,101,102,104)/t54?,63-,64+,65+,66+,67-,68+,69+,70+,71-,72-,73+,78+,79+,80+/m0/s1. The SMILES string of the molecule is C=CC[C@H](NC(=O)[C@H](CO)NC(=O)CNC(=O)[C@H](CCC(=O)O)NC(=O)[C@H](NC(=O)[C@@H](CO)NC(=O)[C@@H](CCCNC(=N)N)NC(=O)[C@@H](CC=C)NC(=O)[C@@H](CCC(N)=O)NC(=O)[C@H](NC(=O)[C@H](NC(=O)[C@@H](CCCNC(=N)N)NC(=O)[C@@H](CC(C)C)NC(=O)[C@@H](Cc1ccc(O)cc1)NC(=O)OCC1c2ccccc2-c2ccccc21)C(C)CC)C(C)C)C(C)C)C(=O)NCC(=O)N[C@@H](Cc1ccccc1)C(=O)O. The van der Waals surface area contributed by atoms with Gasteiger partial charge in [0.25, 0.3) is 0 Å². The monoisotopic (exact) mass is 2030 g/mol. The van der Waals surface area contributed by atoms with E-state index in [4.69, 9.17) is 32.8 Å². The number of nitrogens with one attached hydrogen (secondary N) is 20. The van der Waals surface area contributed by atoms with Crippen LogP contribution in [0.3, 0.4) is 0 Å². The summed E-state index contributed by atoms with van der Waals surface area (Å²) in [6, 6.07) is 7.20. The van der Waals surface area contributed by atoms with Crippen LogP contribution in [0.25, 0.3) is 11.1 Å². The first-order valence-electron chi connectivity index (χ1n) is 47.5. The van der Waals surface area contributed by atoms with E-state index < -0.39 is 285 Å². The minimum absolute atomic E-state index is 0.0115. The van der Waals surface area contributed by atoms with Gasteiger partial charge in [-0.1, -0.05) is 165 Å². The Bertz CT molecular complexity index is 5140. The lowest BCUT2D eigenvalue weighted by Crippen LogP contribution is -2.62. The Balaban J connectivity index is 1.28. The molecule has 1 aliphatic rings. The molecule has 0 heterocycles. The number of aliphatic hydroxyl groups is 2. The van der Waals surface area contributed by atoms with Crippen LogP contribution in [-0.2, 0) is 104 Å². The number of aromatic hydroxyl groups is 1. The zero-order valence-electron chi connectivity index (χ0n) is 82.3. The summed E-state index contributed by atoms with van der Waals surface area (Å²) in [7, 11) is 0. The van der Waals surface area contributed by atoms with E-state index in [2.05, 4.69) is 109 Å². The highest BCUT2D eigenvalue weighted by atomic mass is 16.5. The van der Waals surface area contributed by atoms with Crippen LogP contribution in [0.2, 0.25) is 0 Å². The minimum atomic E-state index is -1.95. The van der Waals surface area contributed by atoms with Gasteiger partial charge in [-0.15, -0.1) is 13.2 Å². The summed E-state index contributed by atoms with van der Waals surface area (Å²) >= 11 is 0. The molecule has 48 nitrogen and oxygen atoms in total. The Hall–Kier alpha value is -15.7. The van der Waals surface area contributed by atoms with E-state index >= 15 is 0 Å². The molecule has 4 aromatic rings. The van der Waals surface area contributed by atoms with E-state index in [1.807, 2.05) is 48.5 Å². The van der Waals surface area contributed by atoms with Gasteiger partial charge in [0.1, 0.15) is 96.9 Å². The zero-order valence-corrected chi connectivity index (χ0v) is 82.3. The number of amides is 17. The van der Waals surface area contributed by atoms with Gasteiger partial charge in [0.15, 0.2) is 11.9 Å². The molecular formula is C97H139N23O25. The van der Waals surface area contributed by atoms with Gasteiger partial charge < -0.3 is 143 Å². The maximum atomic E-state index is 14.9. The van der Waals surface area contributed by atoms with Gasteiger partial charge in [-0.05, 0) is 127 Å². The van der Waals surface area contributed by atoms with Crippen LogP contribution in [-0.4, -0.2) is 281 Å². The van der Waals surface area contributed by atoms with Crippen molar-refractivity contribution in [3.8, 4) is 16.9 Å². The van der Waals surface area contributed by atoms with Gasteiger partial charge in [-0.25, -0.2) is 9.59 Å². The molecule has 1 unspecified atom stereocenters. The van der Waals surface area contributed by atoms with E-state index in [0.29, 0.717) is 11.1 Å². The average molecular weight is 2030 g/mol. The summed E-state index contributed by atoms with van der Waals surface area (Å²) in [6.45, 7) is 15.8. The van der Waals surface area contributed by atoms with Crippen LogP contribution >= 0.6 is 0 Å². The quantitative estimate of drug-likeness (QED) is 0.00901. The number of primary amides is 1. The molecule has 4 aromatic carbocycles. The number of fused-ring (bicyclic) bond motifs is 3. The highest BCUT2D eigenvalue weighted by molar-refractivity contribution is 6.01. The number of aliphatic carboxylic acids is 2. The molecule has 31 N–H and O–H groups in total. The Labute approximate surface area is 838 Å². The minimum Gasteiger partial charge on any atom is -0.508 e. The Morgan fingerprint density at radius 2 is 0.766 bits per heavy atom. The lowest BCUT2D eigenvalue weighted by atomic mass is 9.95. The molecule has 0 saturated carbocycles. The number of carboxylic acid groups (broad SMARTS) is 2. The van der Waals surface area contributed by atoms with Gasteiger partial charge in [0.2, 0.25) is 94.5 Å². The number of carbonyl (C=O) groups excluding carboxylic acids is 17. The summed E-state index contributed by atoms with van der Waals surface area (Å²) in [6.07, 6.45) is -2.20. The highest BCUT2D eigenvalue weighted by Gasteiger charge is 2.41. The highest BCUT2D eigenvalue weighted by Crippen LogP contribution is 2.44. The number of rotatable bonds is 64. The normalized spacial score (nSPS) is 14.4. The fourth-order valence-electron chi connectivity index (χ4n) is 15.2. The fraction of sp³-hybridized carbons (Fsp3) is 0.495. The zero-order chi connectivity index (χ0) is 108. The number of hydrogen-bond donors (Lipinski definition) is 28. The van der Waals surface area contributed by atoms with E-state index in [1.165, 1.54) is 52.0 Å². The number of guanidine groups is 2. The first-order chi connectivity index (χ1) is 68.7. The molecule has 792 valence electrons. The second-order valence-electron chi connectivity index (χ2n) is 35.9. The van der Waals surface area contributed by atoms with Crippen molar-refractivity contribution in [3.63, 3.8) is 0 Å². The van der Waals surface area contributed by atoms with Crippen molar-refractivity contribution in [2.75, 3.05) is 46.0 Å². The van der Waals surface area contributed by atoms with Crippen LogP contribution < -0.4 is 113 Å². The molecule has 15 atom stereocenters. The second-order valence-corrected chi connectivity index (χ2v) is 35.9. The number of carbonyl (C=O) groups is 19. The topological polar surface area (TPSA) is 777 Å². The van der Waals surface area contributed by atoms with Crippen LogP contribution in [0.15, 0.2) is 128 Å². The van der Waals surface area contributed by atoms with Crippen LogP contribution in [0, 0.1) is 34.5 Å². The molecule has 0 aromatic heterocycles. The van der Waals surface area contributed by atoms with Crippen molar-refractivity contribution in [2.24, 2.45) is 40.9 Å². The Morgan fingerprint density at radius 1 is 0.400 bits per heavy atom. The van der Waals surface area contributed by atoms with E-state index in [1.54, 1.807) is 70.2 Å².